The van der Waals surface area contributed by atoms with Crippen LogP contribution in [0.15, 0.2) is 12.1 Å². The van der Waals surface area contributed by atoms with Crippen molar-refractivity contribution in [2.24, 2.45) is 5.92 Å². The summed E-state index contributed by atoms with van der Waals surface area (Å²) in [6.07, 6.45) is 2.71. The van der Waals surface area contributed by atoms with Crippen molar-refractivity contribution in [3.05, 3.63) is 23.3 Å². The molecule has 7 heteroatoms. The van der Waals surface area contributed by atoms with Gasteiger partial charge in [-0.1, -0.05) is 0 Å². The summed E-state index contributed by atoms with van der Waals surface area (Å²) in [5, 5.41) is 20.0. The van der Waals surface area contributed by atoms with Crippen molar-refractivity contribution >= 4 is 0 Å². The van der Waals surface area contributed by atoms with Crippen LogP contribution in [0.1, 0.15) is 57.2 Å². The zero-order valence-corrected chi connectivity index (χ0v) is 19.7. The van der Waals surface area contributed by atoms with Crippen LogP contribution in [0.5, 0.6) is 11.5 Å². The third kappa shape index (κ3) is 5.37. The standard InChI is InChI=1S/C25H36N2O5/c1-25(2,3)32-24-15-27-8-7-17-11-22(30-9-10-31-23(14-26)16-5-6-16)21(29-4)12-18(17)19(27)13-20(24)28/h11-12,16,19-20,23-24,28H,5-10,13,15H2,1-4H3/t19-,20-,23?,24-/m1/s1. The molecule has 7 nitrogen and oxygen atoms in total. The van der Waals surface area contributed by atoms with Crippen molar-refractivity contribution in [3.8, 4) is 17.6 Å². The van der Waals surface area contributed by atoms with E-state index in [1.165, 1.54) is 11.1 Å². The second kappa shape index (κ2) is 9.56. The first-order chi connectivity index (χ1) is 15.3. The Morgan fingerprint density at radius 2 is 2.00 bits per heavy atom. The lowest BCUT2D eigenvalue weighted by atomic mass is 9.84. The van der Waals surface area contributed by atoms with Gasteiger partial charge in [0.25, 0.3) is 0 Å². The first-order valence-corrected chi connectivity index (χ1v) is 11.7. The van der Waals surface area contributed by atoms with Crippen LogP contribution in [0.25, 0.3) is 0 Å². The molecule has 1 aromatic carbocycles. The maximum absolute atomic E-state index is 10.8. The van der Waals surface area contributed by atoms with Gasteiger partial charge in [-0.3, -0.25) is 4.90 Å². The van der Waals surface area contributed by atoms with Crippen LogP contribution in [0.2, 0.25) is 0 Å². The highest BCUT2D eigenvalue weighted by Gasteiger charge is 2.40. The molecular weight excluding hydrogens is 408 g/mol. The van der Waals surface area contributed by atoms with Gasteiger partial charge in [0.15, 0.2) is 11.5 Å². The van der Waals surface area contributed by atoms with E-state index >= 15 is 0 Å². The summed E-state index contributed by atoms with van der Waals surface area (Å²) in [6, 6.07) is 6.51. The summed E-state index contributed by atoms with van der Waals surface area (Å²) in [6.45, 7) is 8.49. The molecule has 176 valence electrons. The van der Waals surface area contributed by atoms with Gasteiger partial charge in [0, 0.05) is 19.1 Å². The molecule has 0 radical (unpaired) electrons. The summed E-state index contributed by atoms with van der Waals surface area (Å²) in [7, 11) is 1.65. The number of rotatable bonds is 8. The van der Waals surface area contributed by atoms with Crippen LogP contribution < -0.4 is 9.47 Å². The van der Waals surface area contributed by atoms with Crippen LogP contribution in [0, 0.1) is 17.2 Å². The lowest BCUT2D eigenvalue weighted by Gasteiger charge is -2.46. The largest absolute Gasteiger partial charge is 0.493 e. The summed E-state index contributed by atoms with van der Waals surface area (Å²) in [5.74, 6) is 1.78. The Hall–Kier alpha value is -1.85. The number of nitriles is 1. The number of aliphatic hydroxyl groups excluding tert-OH is 1. The summed E-state index contributed by atoms with van der Waals surface area (Å²) in [5.41, 5.74) is 2.15. The Bertz CT molecular complexity index is 842. The van der Waals surface area contributed by atoms with E-state index in [1.807, 2.05) is 20.8 Å². The van der Waals surface area contributed by atoms with Gasteiger partial charge in [0.1, 0.15) is 12.7 Å². The zero-order valence-electron chi connectivity index (χ0n) is 19.7. The molecule has 0 aromatic heterocycles. The van der Waals surface area contributed by atoms with E-state index in [0.29, 0.717) is 37.1 Å². The number of piperidine rings is 1. The molecule has 2 fully saturated rings. The van der Waals surface area contributed by atoms with E-state index in [2.05, 4.69) is 23.1 Å². The molecule has 2 aliphatic heterocycles. The smallest absolute Gasteiger partial charge is 0.161 e. The second-order valence-corrected chi connectivity index (χ2v) is 10.1. The zero-order chi connectivity index (χ0) is 22.9. The molecule has 1 aromatic rings. The topological polar surface area (TPSA) is 84.2 Å². The van der Waals surface area contributed by atoms with Crippen molar-refractivity contribution in [1.29, 1.82) is 5.26 Å². The number of nitrogens with zero attached hydrogens (tertiary/aromatic N) is 2. The van der Waals surface area contributed by atoms with Gasteiger partial charge in [0.2, 0.25) is 0 Å². The Balaban J connectivity index is 1.41. The predicted molar refractivity (Wildman–Crippen MR) is 120 cm³/mol. The van der Waals surface area contributed by atoms with Gasteiger partial charge in [-0.05, 0) is 75.6 Å². The number of aliphatic hydroxyl groups is 1. The van der Waals surface area contributed by atoms with Crippen LogP contribution in [0.4, 0.5) is 0 Å². The minimum absolute atomic E-state index is 0.148. The van der Waals surface area contributed by atoms with Crippen molar-refractivity contribution in [2.75, 3.05) is 33.4 Å². The lowest BCUT2D eigenvalue weighted by molar-refractivity contribution is -0.149. The van der Waals surface area contributed by atoms with Crippen LogP contribution in [-0.2, 0) is 15.9 Å². The SMILES string of the molecule is COc1cc2c(cc1OCCOC(C#N)C1CC1)CCN1C[C@@H](OC(C)(C)C)[C@H](O)C[C@H]21. The van der Waals surface area contributed by atoms with E-state index in [1.54, 1.807) is 7.11 Å². The molecule has 3 aliphatic rings. The van der Waals surface area contributed by atoms with Gasteiger partial charge in [-0.2, -0.15) is 5.26 Å². The van der Waals surface area contributed by atoms with Gasteiger partial charge >= 0.3 is 0 Å². The third-order valence-corrected chi connectivity index (χ3v) is 6.52. The van der Waals surface area contributed by atoms with Crippen LogP contribution in [-0.4, -0.2) is 67.3 Å². The number of hydrogen-bond acceptors (Lipinski definition) is 7. The highest BCUT2D eigenvalue weighted by molar-refractivity contribution is 5.49. The average molecular weight is 445 g/mol. The van der Waals surface area contributed by atoms with Crippen molar-refractivity contribution < 1.29 is 24.1 Å². The van der Waals surface area contributed by atoms with E-state index in [0.717, 1.165) is 32.4 Å². The highest BCUT2D eigenvalue weighted by Crippen LogP contribution is 2.42. The second-order valence-electron chi connectivity index (χ2n) is 10.1. The Labute approximate surface area is 191 Å². The average Bonchev–Trinajstić information content (AvgIpc) is 3.58. The van der Waals surface area contributed by atoms with Crippen LogP contribution >= 0.6 is 0 Å². The number of ether oxygens (including phenoxy) is 4. The maximum atomic E-state index is 10.8. The fourth-order valence-corrected chi connectivity index (χ4v) is 4.84. The quantitative estimate of drug-likeness (QED) is 0.616. The summed E-state index contributed by atoms with van der Waals surface area (Å²) < 4.78 is 23.4. The monoisotopic (exact) mass is 444 g/mol. The van der Waals surface area contributed by atoms with Crippen molar-refractivity contribution in [3.63, 3.8) is 0 Å². The minimum Gasteiger partial charge on any atom is -0.493 e. The van der Waals surface area contributed by atoms with E-state index in [4.69, 9.17) is 18.9 Å². The molecule has 32 heavy (non-hydrogen) atoms. The fraction of sp³-hybridized carbons (Fsp3) is 0.720. The van der Waals surface area contributed by atoms with Crippen LogP contribution in [0.3, 0.4) is 0 Å². The van der Waals surface area contributed by atoms with Gasteiger partial charge in [-0.25, -0.2) is 0 Å². The molecular formula is C25H36N2O5. The van der Waals surface area contributed by atoms with Gasteiger partial charge in [-0.15, -0.1) is 0 Å². The highest BCUT2D eigenvalue weighted by atomic mass is 16.5. The predicted octanol–water partition coefficient (Wildman–Crippen LogP) is 3.24. The number of benzene rings is 1. The van der Waals surface area contributed by atoms with E-state index in [9.17, 15) is 10.4 Å². The number of hydrogen-bond donors (Lipinski definition) is 1. The van der Waals surface area contributed by atoms with Crippen molar-refractivity contribution in [1.82, 2.24) is 4.90 Å². The molecule has 4 atom stereocenters. The molecule has 2 heterocycles. The third-order valence-electron chi connectivity index (χ3n) is 6.52. The lowest BCUT2D eigenvalue weighted by Crippen LogP contribution is -2.53. The molecule has 1 saturated heterocycles. The molecule has 1 saturated carbocycles. The molecule has 0 amide bonds. The molecule has 1 unspecified atom stereocenters. The first-order valence-electron chi connectivity index (χ1n) is 11.7. The summed E-state index contributed by atoms with van der Waals surface area (Å²) in [4.78, 5) is 2.42. The molecule has 4 rings (SSSR count). The number of fused-ring (bicyclic) bond motifs is 3. The maximum Gasteiger partial charge on any atom is 0.161 e. The molecule has 0 spiro atoms. The molecule has 1 aliphatic carbocycles. The Morgan fingerprint density at radius 3 is 2.66 bits per heavy atom. The summed E-state index contributed by atoms with van der Waals surface area (Å²) >= 11 is 0. The minimum atomic E-state index is -0.500. The molecule has 0 bridgehead atoms. The van der Waals surface area contributed by atoms with E-state index < -0.39 is 6.10 Å². The van der Waals surface area contributed by atoms with E-state index in [-0.39, 0.29) is 23.9 Å². The van der Waals surface area contributed by atoms with Gasteiger partial charge < -0.3 is 24.1 Å². The Morgan fingerprint density at radius 1 is 1.22 bits per heavy atom. The fourth-order valence-electron chi connectivity index (χ4n) is 4.84. The first kappa shape index (κ1) is 23.3. The normalized spacial score (nSPS) is 26.6. The number of methoxy groups -OCH3 is 1. The Kier molecular flexibility index (Phi) is 6.97. The molecule has 1 N–H and O–H groups in total. The van der Waals surface area contributed by atoms with Crippen molar-refractivity contribution in [2.45, 2.75) is 76.4 Å². The van der Waals surface area contributed by atoms with Gasteiger partial charge in [0.05, 0.1) is 37.6 Å².